The predicted molar refractivity (Wildman–Crippen MR) is 82.6 cm³/mol. The van der Waals surface area contributed by atoms with Gasteiger partial charge in [-0.15, -0.1) is 0 Å². The number of hydrogen-bond acceptors (Lipinski definition) is 5. The Morgan fingerprint density at radius 3 is 2.76 bits per heavy atom. The van der Waals surface area contributed by atoms with Crippen LogP contribution in [0, 0.1) is 0 Å². The topological polar surface area (TPSA) is 82.8 Å². The van der Waals surface area contributed by atoms with Crippen LogP contribution >= 0.6 is 0 Å². The molecule has 1 amide bonds. The molecule has 6 nitrogen and oxygen atoms in total. The van der Waals surface area contributed by atoms with Crippen LogP contribution in [0.15, 0.2) is 18.2 Å². The van der Waals surface area contributed by atoms with E-state index >= 15 is 0 Å². The van der Waals surface area contributed by atoms with Gasteiger partial charge in [-0.1, -0.05) is 6.92 Å². The van der Waals surface area contributed by atoms with E-state index in [1.807, 2.05) is 6.92 Å². The van der Waals surface area contributed by atoms with Crippen molar-refractivity contribution in [3.63, 3.8) is 0 Å². The zero-order chi connectivity index (χ0) is 15.7. The molecular weight excluding hydrogens is 272 g/mol. The van der Waals surface area contributed by atoms with Crippen LogP contribution in [0.1, 0.15) is 20.3 Å². The molecule has 21 heavy (non-hydrogen) atoms. The molecule has 6 heteroatoms. The van der Waals surface area contributed by atoms with Gasteiger partial charge in [0.1, 0.15) is 11.9 Å². The molecule has 1 atom stereocenters. The molecular formula is C15H24N2O4. The number of rotatable bonds is 9. The molecule has 118 valence electrons. The Morgan fingerprint density at radius 1 is 1.33 bits per heavy atom. The largest absolute Gasteiger partial charge is 0.494 e. The summed E-state index contributed by atoms with van der Waals surface area (Å²) in [5.41, 5.74) is 6.80. The number of nitrogens with one attached hydrogen (secondary N) is 1. The van der Waals surface area contributed by atoms with Crippen molar-refractivity contribution in [3.8, 4) is 5.75 Å². The van der Waals surface area contributed by atoms with Gasteiger partial charge >= 0.3 is 0 Å². The van der Waals surface area contributed by atoms with Crippen LogP contribution in [0.25, 0.3) is 0 Å². The molecule has 1 rings (SSSR count). The number of methoxy groups -OCH3 is 1. The van der Waals surface area contributed by atoms with Crippen LogP contribution in [0.5, 0.6) is 5.75 Å². The number of nitrogens with two attached hydrogens (primary N) is 1. The highest BCUT2D eigenvalue weighted by Gasteiger charge is 2.15. The molecule has 1 aromatic rings. The Hall–Kier alpha value is -1.79. The lowest BCUT2D eigenvalue weighted by molar-refractivity contribution is -0.127. The van der Waals surface area contributed by atoms with Gasteiger partial charge in [0, 0.05) is 18.4 Å². The van der Waals surface area contributed by atoms with E-state index in [0.717, 1.165) is 6.42 Å². The second kappa shape index (κ2) is 9.20. The second-order valence-electron chi connectivity index (χ2n) is 4.57. The SMILES string of the molecule is CCCOCCOC(C)C(=O)Nc1ccc(N)cc1OC. The Morgan fingerprint density at radius 2 is 2.10 bits per heavy atom. The molecule has 1 unspecified atom stereocenters. The zero-order valence-electron chi connectivity index (χ0n) is 12.8. The van der Waals surface area contributed by atoms with Crippen LogP contribution < -0.4 is 15.8 Å². The van der Waals surface area contributed by atoms with Crippen molar-refractivity contribution in [2.45, 2.75) is 26.4 Å². The summed E-state index contributed by atoms with van der Waals surface area (Å²) < 4.78 is 15.9. The Kier molecular flexibility index (Phi) is 7.56. The average molecular weight is 296 g/mol. The highest BCUT2D eigenvalue weighted by Crippen LogP contribution is 2.26. The van der Waals surface area contributed by atoms with E-state index in [4.69, 9.17) is 19.9 Å². The lowest BCUT2D eigenvalue weighted by Gasteiger charge is -2.15. The van der Waals surface area contributed by atoms with Crippen molar-refractivity contribution in [1.82, 2.24) is 0 Å². The number of anilines is 2. The molecule has 0 saturated heterocycles. The maximum absolute atomic E-state index is 12.0. The summed E-state index contributed by atoms with van der Waals surface area (Å²) >= 11 is 0. The minimum Gasteiger partial charge on any atom is -0.494 e. The first-order valence-corrected chi connectivity index (χ1v) is 7.02. The van der Waals surface area contributed by atoms with Gasteiger partial charge in [0.05, 0.1) is 26.0 Å². The zero-order valence-corrected chi connectivity index (χ0v) is 12.8. The molecule has 3 N–H and O–H groups in total. The molecule has 0 fully saturated rings. The van der Waals surface area contributed by atoms with Crippen molar-refractivity contribution in [2.75, 3.05) is 38.0 Å². The van der Waals surface area contributed by atoms with Gasteiger partial charge in [-0.25, -0.2) is 0 Å². The average Bonchev–Trinajstić information content (AvgIpc) is 2.48. The van der Waals surface area contributed by atoms with Gasteiger partial charge in [0.15, 0.2) is 0 Å². The van der Waals surface area contributed by atoms with Gasteiger partial charge in [-0.2, -0.15) is 0 Å². The van der Waals surface area contributed by atoms with Gasteiger partial charge in [0.25, 0.3) is 5.91 Å². The first kappa shape index (κ1) is 17.3. The van der Waals surface area contributed by atoms with Crippen molar-refractivity contribution in [2.24, 2.45) is 0 Å². The maximum Gasteiger partial charge on any atom is 0.253 e. The van der Waals surface area contributed by atoms with Crippen molar-refractivity contribution >= 4 is 17.3 Å². The maximum atomic E-state index is 12.0. The third-order valence-corrected chi connectivity index (χ3v) is 2.80. The lowest BCUT2D eigenvalue weighted by atomic mass is 10.2. The predicted octanol–water partition coefficient (Wildman–Crippen LogP) is 2.05. The number of benzene rings is 1. The summed E-state index contributed by atoms with van der Waals surface area (Å²) in [5, 5.41) is 2.76. The summed E-state index contributed by atoms with van der Waals surface area (Å²) in [5.74, 6) is 0.274. The van der Waals surface area contributed by atoms with Crippen molar-refractivity contribution in [1.29, 1.82) is 0 Å². The Balaban J connectivity index is 2.45. The first-order valence-electron chi connectivity index (χ1n) is 7.02. The molecule has 1 aromatic carbocycles. The third kappa shape index (κ3) is 6.01. The smallest absolute Gasteiger partial charge is 0.253 e. The minimum atomic E-state index is -0.572. The molecule has 0 heterocycles. The third-order valence-electron chi connectivity index (χ3n) is 2.80. The molecule has 0 bridgehead atoms. The molecule has 0 aliphatic carbocycles. The highest BCUT2D eigenvalue weighted by atomic mass is 16.5. The quantitative estimate of drug-likeness (QED) is 0.538. The van der Waals surface area contributed by atoms with Crippen molar-refractivity contribution in [3.05, 3.63) is 18.2 Å². The number of amides is 1. The monoisotopic (exact) mass is 296 g/mol. The van der Waals surface area contributed by atoms with E-state index in [1.165, 1.54) is 7.11 Å². The highest BCUT2D eigenvalue weighted by molar-refractivity contribution is 5.95. The Bertz CT molecular complexity index is 451. The minimum absolute atomic E-state index is 0.242. The number of nitrogen functional groups attached to an aromatic ring is 1. The molecule has 0 aliphatic rings. The first-order chi connectivity index (χ1) is 10.1. The van der Waals surface area contributed by atoms with E-state index in [0.29, 0.717) is 36.9 Å². The molecule has 0 spiro atoms. The van der Waals surface area contributed by atoms with Crippen LogP contribution in [-0.2, 0) is 14.3 Å². The number of carbonyl (C=O) groups excluding carboxylic acids is 1. The number of carbonyl (C=O) groups is 1. The van der Waals surface area contributed by atoms with Gasteiger partial charge < -0.3 is 25.3 Å². The lowest BCUT2D eigenvalue weighted by Crippen LogP contribution is -2.29. The van der Waals surface area contributed by atoms with E-state index in [-0.39, 0.29) is 5.91 Å². The summed E-state index contributed by atoms with van der Waals surface area (Å²) in [7, 11) is 1.52. The summed E-state index contributed by atoms with van der Waals surface area (Å²) in [6.07, 6.45) is 0.393. The molecule has 0 aromatic heterocycles. The summed E-state index contributed by atoms with van der Waals surface area (Å²) in [6.45, 7) is 5.30. The van der Waals surface area contributed by atoms with E-state index in [1.54, 1.807) is 25.1 Å². The summed E-state index contributed by atoms with van der Waals surface area (Å²) in [4.78, 5) is 12.0. The van der Waals surface area contributed by atoms with Crippen LogP contribution in [-0.4, -0.2) is 38.9 Å². The van der Waals surface area contributed by atoms with Gasteiger partial charge in [-0.05, 0) is 25.5 Å². The van der Waals surface area contributed by atoms with E-state index < -0.39 is 6.10 Å². The number of hydrogen-bond donors (Lipinski definition) is 2. The van der Waals surface area contributed by atoms with E-state index in [9.17, 15) is 4.79 Å². The standard InChI is InChI=1S/C15H24N2O4/c1-4-7-20-8-9-21-11(2)15(18)17-13-6-5-12(16)10-14(13)19-3/h5-6,10-11H,4,7-9,16H2,1-3H3,(H,17,18). The number of ether oxygens (including phenoxy) is 3. The fraction of sp³-hybridized carbons (Fsp3) is 0.533. The fourth-order valence-corrected chi connectivity index (χ4v) is 1.65. The van der Waals surface area contributed by atoms with Crippen LogP contribution in [0.3, 0.4) is 0 Å². The molecule has 0 saturated carbocycles. The van der Waals surface area contributed by atoms with Gasteiger partial charge in [-0.3, -0.25) is 4.79 Å². The van der Waals surface area contributed by atoms with Crippen LogP contribution in [0.4, 0.5) is 11.4 Å². The normalized spacial score (nSPS) is 12.0. The van der Waals surface area contributed by atoms with Crippen LogP contribution in [0.2, 0.25) is 0 Å². The second-order valence-corrected chi connectivity index (χ2v) is 4.57. The van der Waals surface area contributed by atoms with Crippen molar-refractivity contribution < 1.29 is 19.0 Å². The Labute approximate surface area is 125 Å². The molecule has 0 radical (unpaired) electrons. The van der Waals surface area contributed by atoms with Gasteiger partial charge in [0.2, 0.25) is 0 Å². The fourth-order valence-electron chi connectivity index (χ4n) is 1.65. The summed E-state index contributed by atoms with van der Waals surface area (Å²) in [6, 6.07) is 5.05. The van der Waals surface area contributed by atoms with E-state index in [2.05, 4.69) is 5.32 Å². The molecule has 0 aliphatic heterocycles.